The van der Waals surface area contributed by atoms with Gasteiger partial charge in [-0.25, -0.2) is 4.79 Å². The van der Waals surface area contributed by atoms with E-state index in [9.17, 15) is 4.79 Å². The predicted octanol–water partition coefficient (Wildman–Crippen LogP) is 2.62. The molecule has 4 heteroatoms. The lowest BCUT2D eigenvalue weighted by Crippen LogP contribution is -2.14. The summed E-state index contributed by atoms with van der Waals surface area (Å²) in [6.45, 7) is 6.06. The molecule has 0 saturated heterocycles. The third-order valence-corrected chi connectivity index (χ3v) is 2.40. The van der Waals surface area contributed by atoms with Gasteiger partial charge in [-0.3, -0.25) is 0 Å². The van der Waals surface area contributed by atoms with Crippen LogP contribution in [0.1, 0.15) is 37.6 Å². The van der Waals surface area contributed by atoms with Crippen molar-refractivity contribution in [2.75, 3.05) is 12.3 Å². The molecule has 1 atom stereocenters. The molecule has 0 bridgehead atoms. The van der Waals surface area contributed by atoms with Gasteiger partial charge in [0.25, 0.3) is 0 Å². The Kier molecular flexibility index (Phi) is 4.82. The zero-order chi connectivity index (χ0) is 12.8. The number of esters is 1. The number of hydrogen-bond acceptors (Lipinski definition) is 4. The molecule has 2 N–H and O–H groups in total. The lowest BCUT2D eigenvalue weighted by Gasteiger charge is -2.15. The fraction of sp³-hybridized carbons (Fsp3) is 0.462. The number of benzene rings is 1. The molecule has 0 spiro atoms. The third kappa shape index (κ3) is 3.66. The Bertz CT molecular complexity index is 390. The summed E-state index contributed by atoms with van der Waals surface area (Å²) in [5, 5.41) is 0. The maximum atomic E-state index is 11.7. The fourth-order valence-corrected chi connectivity index (χ4v) is 1.32. The number of nitrogen functional groups attached to an aromatic ring is 1. The van der Waals surface area contributed by atoms with Crippen LogP contribution in [0.15, 0.2) is 18.2 Å². The van der Waals surface area contributed by atoms with Gasteiger partial charge in [-0.15, -0.1) is 0 Å². The Labute approximate surface area is 102 Å². The summed E-state index contributed by atoms with van der Waals surface area (Å²) in [7, 11) is 0. The second-order valence-electron chi connectivity index (χ2n) is 3.81. The number of rotatable bonds is 5. The van der Waals surface area contributed by atoms with Gasteiger partial charge in [0.15, 0.2) is 0 Å². The lowest BCUT2D eigenvalue weighted by atomic mass is 10.1. The predicted molar refractivity (Wildman–Crippen MR) is 67.2 cm³/mol. The van der Waals surface area contributed by atoms with Gasteiger partial charge < -0.3 is 15.2 Å². The molecule has 1 aromatic rings. The smallest absolute Gasteiger partial charge is 0.341 e. The molecule has 0 aliphatic rings. The molecule has 94 valence electrons. The molecule has 0 fully saturated rings. The summed E-state index contributed by atoms with van der Waals surface area (Å²) in [6, 6.07) is 4.99. The summed E-state index contributed by atoms with van der Waals surface area (Å²) < 4.78 is 10.6. The Balaban J connectivity index is 2.99. The third-order valence-electron chi connectivity index (χ3n) is 2.40. The molecule has 0 aliphatic heterocycles. The summed E-state index contributed by atoms with van der Waals surface area (Å²) >= 11 is 0. The minimum absolute atomic E-state index is 0.0480. The minimum Gasteiger partial charge on any atom is -0.490 e. The highest BCUT2D eigenvalue weighted by molar-refractivity contribution is 5.93. The number of carbonyl (C=O) groups excluding carboxylic acids is 1. The molecule has 4 nitrogen and oxygen atoms in total. The molecule has 0 heterocycles. The van der Waals surface area contributed by atoms with E-state index in [1.54, 1.807) is 25.1 Å². The van der Waals surface area contributed by atoms with Crippen LogP contribution in [0.2, 0.25) is 0 Å². The first-order chi connectivity index (χ1) is 8.08. The van der Waals surface area contributed by atoms with Crippen molar-refractivity contribution in [3.63, 3.8) is 0 Å². The van der Waals surface area contributed by atoms with Crippen LogP contribution in [0.4, 0.5) is 5.69 Å². The molecule has 0 radical (unpaired) electrons. The maximum absolute atomic E-state index is 11.7. The molecule has 0 aliphatic carbocycles. The van der Waals surface area contributed by atoms with E-state index < -0.39 is 5.97 Å². The van der Waals surface area contributed by atoms with E-state index >= 15 is 0 Å². The van der Waals surface area contributed by atoms with Gasteiger partial charge in [0.1, 0.15) is 11.3 Å². The summed E-state index contributed by atoms with van der Waals surface area (Å²) in [5.41, 5.74) is 6.56. The molecule has 1 rings (SSSR count). The van der Waals surface area contributed by atoms with Crippen molar-refractivity contribution in [1.82, 2.24) is 0 Å². The molecular weight excluding hydrogens is 218 g/mol. The van der Waals surface area contributed by atoms with Crippen molar-refractivity contribution in [1.29, 1.82) is 0 Å². The molecule has 0 amide bonds. The molecule has 0 aromatic heterocycles. The van der Waals surface area contributed by atoms with Crippen LogP contribution >= 0.6 is 0 Å². The first-order valence-electron chi connectivity index (χ1n) is 5.81. The average molecular weight is 237 g/mol. The largest absolute Gasteiger partial charge is 0.490 e. The van der Waals surface area contributed by atoms with Crippen LogP contribution in [-0.4, -0.2) is 18.7 Å². The maximum Gasteiger partial charge on any atom is 0.341 e. The monoisotopic (exact) mass is 237 g/mol. The Hall–Kier alpha value is -1.71. The Morgan fingerprint density at radius 3 is 2.71 bits per heavy atom. The normalized spacial score (nSPS) is 11.9. The number of carbonyl (C=O) groups is 1. The number of ether oxygens (including phenoxy) is 2. The lowest BCUT2D eigenvalue weighted by molar-refractivity contribution is 0.0519. The van der Waals surface area contributed by atoms with Crippen molar-refractivity contribution in [2.24, 2.45) is 0 Å². The van der Waals surface area contributed by atoms with E-state index in [0.717, 1.165) is 6.42 Å². The van der Waals surface area contributed by atoms with Crippen molar-refractivity contribution in [2.45, 2.75) is 33.3 Å². The summed E-state index contributed by atoms with van der Waals surface area (Å²) in [4.78, 5) is 11.7. The first kappa shape index (κ1) is 13.4. The Morgan fingerprint density at radius 2 is 2.12 bits per heavy atom. The Morgan fingerprint density at radius 1 is 1.41 bits per heavy atom. The summed E-state index contributed by atoms with van der Waals surface area (Å²) in [5.74, 6) is 0.116. The zero-order valence-electron chi connectivity index (χ0n) is 10.5. The topological polar surface area (TPSA) is 61.5 Å². The SMILES string of the molecule is CCOC(=O)c1cc(N)ccc1OC(C)CC. The number of anilines is 1. The van der Waals surface area contributed by atoms with Crippen molar-refractivity contribution in [3.05, 3.63) is 23.8 Å². The van der Waals surface area contributed by atoms with Gasteiger partial charge in [0.05, 0.1) is 12.7 Å². The molecule has 0 saturated carbocycles. The molecule has 1 aromatic carbocycles. The van der Waals surface area contributed by atoms with Crippen LogP contribution in [0, 0.1) is 0 Å². The zero-order valence-corrected chi connectivity index (χ0v) is 10.5. The highest BCUT2D eigenvalue weighted by atomic mass is 16.5. The molecule has 17 heavy (non-hydrogen) atoms. The van der Waals surface area contributed by atoms with Crippen LogP contribution < -0.4 is 10.5 Å². The van der Waals surface area contributed by atoms with Gasteiger partial charge in [0, 0.05) is 5.69 Å². The van der Waals surface area contributed by atoms with Crippen molar-refractivity contribution < 1.29 is 14.3 Å². The van der Waals surface area contributed by atoms with E-state index in [0.29, 0.717) is 23.6 Å². The van der Waals surface area contributed by atoms with E-state index in [1.165, 1.54) is 0 Å². The van der Waals surface area contributed by atoms with Gasteiger partial charge in [0.2, 0.25) is 0 Å². The minimum atomic E-state index is -0.405. The van der Waals surface area contributed by atoms with Crippen LogP contribution in [0.5, 0.6) is 5.75 Å². The first-order valence-corrected chi connectivity index (χ1v) is 5.81. The van der Waals surface area contributed by atoms with E-state index in [1.807, 2.05) is 13.8 Å². The summed E-state index contributed by atoms with van der Waals surface area (Å²) in [6.07, 6.45) is 0.916. The van der Waals surface area contributed by atoms with Crippen LogP contribution in [-0.2, 0) is 4.74 Å². The van der Waals surface area contributed by atoms with Crippen LogP contribution in [0.25, 0.3) is 0 Å². The van der Waals surface area contributed by atoms with E-state index in [4.69, 9.17) is 15.2 Å². The molecule has 1 unspecified atom stereocenters. The molecular formula is C13H19NO3. The van der Waals surface area contributed by atoms with Gasteiger partial charge in [-0.1, -0.05) is 6.92 Å². The van der Waals surface area contributed by atoms with Crippen molar-refractivity contribution in [3.8, 4) is 5.75 Å². The van der Waals surface area contributed by atoms with Gasteiger partial charge in [-0.2, -0.15) is 0 Å². The highest BCUT2D eigenvalue weighted by Crippen LogP contribution is 2.24. The van der Waals surface area contributed by atoms with E-state index in [-0.39, 0.29) is 6.10 Å². The average Bonchev–Trinajstić information content (AvgIpc) is 2.31. The quantitative estimate of drug-likeness (QED) is 0.631. The second-order valence-corrected chi connectivity index (χ2v) is 3.81. The fourth-order valence-electron chi connectivity index (χ4n) is 1.32. The van der Waals surface area contributed by atoms with Gasteiger partial charge >= 0.3 is 5.97 Å². The number of hydrogen-bond donors (Lipinski definition) is 1. The van der Waals surface area contributed by atoms with E-state index in [2.05, 4.69) is 0 Å². The van der Waals surface area contributed by atoms with Gasteiger partial charge in [-0.05, 0) is 38.5 Å². The van der Waals surface area contributed by atoms with Crippen molar-refractivity contribution >= 4 is 11.7 Å². The standard InChI is InChI=1S/C13H19NO3/c1-4-9(3)17-12-7-6-10(14)8-11(12)13(15)16-5-2/h6-9H,4-5,14H2,1-3H3. The number of nitrogens with two attached hydrogens (primary N) is 1. The second kappa shape index (κ2) is 6.13. The highest BCUT2D eigenvalue weighted by Gasteiger charge is 2.15. The van der Waals surface area contributed by atoms with Crippen LogP contribution in [0.3, 0.4) is 0 Å².